The molecule has 0 amide bonds. The van der Waals surface area contributed by atoms with Gasteiger partial charge in [0, 0.05) is 0 Å². The summed E-state index contributed by atoms with van der Waals surface area (Å²) >= 11 is 0. The Labute approximate surface area is 65.6 Å². The molecule has 50 valence electrons. The third-order valence-corrected chi connectivity index (χ3v) is 0.542. The third kappa shape index (κ3) is 1.50. The summed E-state index contributed by atoms with van der Waals surface area (Å²) in [6.45, 7) is 0. The van der Waals surface area contributed by atoms with Crippen LogP contribution in [0.25, 0.3) is 0 Å². The zero-order valence-corrected chi connectivity index (χ0v) is 5.43. The second kappa shape index (κ2) is 3.19. The molecule has 6 nitrogen and oxygen atoms in total. The number of nitriles is 1. The van der Waals surface area contributed by atoms with Crippen LogP contribution in [0, 0.1) is 16.5 Å². The van der Waals surface area contributed by atoms with Crippen molar-refractivity contribution in [3.63, 3.8) is 0 Å². The summed E-state index contributed by atoms with van der Waals surface area (Å²) in [5.74, 6) is -0.329. The van der Waals surface area contributed by atoms with Crippen molar-refractivity contribution in [2.45, 2.75) is 0 Å². The van der Waals surface area contributed by atoms with Gasteiger partial charge in [0.15, 0.2) is 0 Å². The van der Waals surface area contributed by atoms with Gasteiger partial charge in [0.2, 0.25) is 5.82 Å². The molecule has 1 aromatic heterocycles. The van der Waals surface area contributed by atoms with Crippen LogP contribution in [-0.2, 0) is 22.4 Å². The van der Waals surface area contributed by atoms with E-state index in [9.17, 15) is 5.21 Å². The molecule has 0 radical (unpaired) electrons. The Bertz CT molecular complexity index is 225. The van der Waals surface area contributed by atoms with E-state index in [1.54, 1.807) is 0 Å². The van der Waals surface area contributed by atoms with E-state index in [1.165, 1.54) is 6.07 Å². The maximum absolute atomic E-state index is 10.1. The summed E-state index contributed by atoms with van der Waals surface area (Å²) in [6.07, 6.45) is 0. The van der Waals surface area contributed by atoms with Gasteiger partial charge in [-0.2, -0.15) is 5.26 Å². The maximum Gasteiger partial charge on any atom is 1.00 e. The van der Waals surface area contributed by atoms with Crippen molar-refractivity contribution < 1.29 is 22.4 Å². The molecule has 1 rings (SSSR count). The fraction of sp³-hybridized carbons (Fsp3) is 0. The predicted molar refractivity (Wildman–Crippen MR) is 21.3 cm³/mol. The van der Waals surface area contributed by atoms with Gasteiger partial charge in [0.05, 0.1) is 0 Å². The van der Waals surface area contributed by atoms with E-state index in [0.717, 1.165) is 0 Å². The first kappa shape index (κ1) is 8.10. The van der Waals surface area contributed by atoms with Crippen LogP contribution in [0.1, 0.15) is 5.82 Å². The van der Waals surface area contributed by atoms with Gasteiger partial charge < -0.3 is 5.21 Å². The Hall–Kier alpha value is -0.900. The van der Waals surface area contributed by atoms with Gasteiger partial charge in [-0.15, -0.1) is 0 Å². The molecule has 0 fully saturated rings. The van der Waals surface area contributed by atoms with Crippen LogP contribution in [0.3, 0.4) is 0 Å². The molecule has 0 N–H and O–H groups in total. The Kier molecular flexibility index (Phi) is 2.87. The van der Waals surface area contributed by atoms with Crippen LogP contribution in [0.15, 0.2) is 0 Å². The average molecular weight is 218 g/mol. The maximum atomic E-state index is 10.1. The molecule has 0 bridgehead atoms. The first-order chi connectivity index (χ1) is 3.84. The van der Waals surface area contributed by atoms with Crippen molar-refractivity contribution in [1.29, 1.82) is 5.26 Å². The summed E-state index contributed by atoms with van der Waals surface area (Å²) in [7, 11) is 0. The van der Waals surface area contributed by atoms with E-state index in [2.05, 4.69) is 15.5 Å². The second-order valence-corrected chi connectivity index (χ2v) is 0.987. The number of hydrogen-bond acceptors (Lipinski definition) is 5. The molecule has 0 aliphatic carbocycles. The molecular weight excluding hydrogens is 218 g/mol. The fourth-order valence-electron chi connectivity index (χ4n) is 0.244. The van der Waals surface area contributed by atoms with Gasteiger partial charge in [-0.05, 0) is 10.4 Å². The first-order valence-electron chi connectivity index (χ1n) is 1.70. The van der Waals surface area contributed by atoms with E-state index in [1.807, 2.05) is 0 Å². The summed E-state index contributed by atoms with van der Waals surface area (Å²) in [6, 6.07) is 1.49. The van der Waals surface area contributed by atoms with E-state index in [0.29, 0.717) is 0 Å². The van der Waals surface area contributed by atoms with E-state index >= 15 is 0 Å². The standard InChI is InChI=1S/C2N5O.Ag/c3-1-2-4-5-6-7(2)8;/q-1;+1. The summed E-state index contributed by atoms with van der Waals surface area (Å²) in [5.41, 5.74) is 0. The first-order valence-corrected chi connectivity index (χ1v) is 1.70. The number of nitrogens with zero attached hydrogens (tertiary/aromatic N) is 5. The van der Waals surface area contributed by atoms with Crippen LogP contribution >= 0.6 is 0 Å². The Morgan fingerprint density at radius 2 is 2.33 bits per heavy atom. The van der Waals surface area contributed by atoms with Gasteiger partial charge in [-0.3, -0.25) is 0 Å². The number of tetrazole rings is 1. The average Bonchev–Trinajstić information content (AvgIpc) is 2.14. The van der Waals surface area contributed by atoms with Crippen LogP contribution in [-0.4, -0.2) is 20.4 Å². The quantitative estimate of drug-likeness (QED) is 0.514. The molecule has 1 aromatic rings. The minimum atomic E-state index is -0.329. The van der Waals surface area contributed by atoms with Gasteiger partial charge in [0.25, 0.3) is 0 Å². The molecule has 0 unspecified atom stereocenters. The summed E-state index contributed by atoms with van der Waals surface area (Å²) in [5, 5.41) is 27.0. The molecule has 0 aliphatic heterocycles. The molecule has 0 spiro atoms. The van der Waals surface area contributed by atoms with Gasteiger partial charge in [-0.25, -0.2) is 4.85 Å². The molecule has 0 saturated heterocycles. The molecule has 9 heavy (non-hydrogen) atoms. The fourth-order valence-corrected chi connectivity index (χ4v) is 0.244. The predicted octanol–water partition coefficient (Wildman–Crippen LogP) is -1.11. The zero-order valence-electron chi connectivity index (χ0n) is 3.95. The smallest absolute Gasteiger partial charge is 0.787 e. The van der Waals surface area contributed by atoms with E-state index in [-0.39, 0.29) is 33.0 Å². The normalized spacial score (nSPS) is 7.44. The number of hydrogen-bond donors (Lipinski definition) is 0. The van der Waals surface area contributed by atoms with E-state index < -0.39 is 0 Å². The molecule has 7 heteroatoms. The van der Waals surface area contributed by atoms with Gasteiger partial charge in [-0.1, -0.05) is 5.10 Å². The van der Waals surface area contributed by atoms with Crippen molar-refractivity contribution in [1.82, 2.24) is 20.4 Å². The Balaban J connectivity index is 0.000000640. The van der Waals surface area contributed by atoms with Crippen LogP contribution in [0.2, 0.25) is 0 Å². The summed E-state index contributed by atoms with van der Waals surface area (Å²) in [4.78, 5) is 0.0556. The number of aromatic nitrogens is 4. The Morgan fingerprint density at radius 3 is 2.56 bits per heavy atom. The molecule has 0 aliphatic rings. The third-order valence-electron chi connectivity index (χ3n) is 0.542. The number of rotatable bonds is 0. The minimum Gasteiger partial charge on any atom is -0.787 e. The van der Waals surface area contributed by atoms with Crippen molar-refractivity contribution in [3.8, 4) is 6.07 Å². The van der Waals surface area contributed by atoms with Crippen molar-refractivity contribution in [2.24, 2.45) is 0 Å². The van der Waals surface area contributed by atoms with Crippen LogP contribution in [0.5, 0.6) is 0 Å². The SMILES string of the molecule is N#Cc1nnnn1[O-].[Ag+]. The molecular formula is C2AgN5O. The monoisotopic (exact) mass is 217 g/mol. The minimum absolute atomic E-state index is 0. The van der Waals surface area contributed by atoms with Crippen molar-refractivity contribution in [2.75, 3.05) is 0 Å². The molecule has 0 atom stereocenters. The van der Waals surface area contributed by atoms with Crippen LogP contribution in [0.4, 0.5) is 0 Å². The van der Waals surface area contributed by atoms with Crippen LogP contribution < -0.4 is 0 Å². The summed E-state index contributed by atoms with van der Waals surface area (Å²) < 4.78 is 0. The van der Waals surface area contributed by atoms with Gasteiger partial charge in [0.1, 0.15) is 6.07 Å². The van der Waals surface area contributed by atoms with E-state index in [4.69, 9.17) is 5.26 Å². The largest absolute Gasteiger partial charge is 1.00 e. The van der Waals surface area contributed by atoms with Gasteiger partial charge >= 0.3 is 22.4 Å². The Morgan fingerprint density at radius 1 is 1.67 bits per heavy atom. The second-order valence-electron chi connectivity index (χ2n) is 0.987. The zero-order chi connectivity index (χ0) is 5.98. The van der Waals surface area contributed by atoms with Crippen molar-refractivity contribution in [3.05, 3.63) is 11.0 Å². The molecule has 1 heterocycles. The topological polar surface area (TPSA) is 90.5 Å². The molecule has 0 saturated carbocycles. The molecule has 0 aromatic carbocycles. The van der Waals surface area contributed by atoms with Crippen molar-refractivity contribution >= 4 is 0 Å².